The lowest BCUT2D eigenvalue weighted by Crippen LogP contribution is -2.73. The van der Waals surface area contributed by atoms with Crippen LogP contribution >= 0.6 is 0 Å². The molecule has 1 aromatic rings. The third-order valence-electron chi connectivity index (χ3n) is 8.66. The monoisotopic (exact) mass is 700 g/mol. The Balaban J connectivity index is 3.20. The van der Waals surface area contributed by atoms with Crippen molar-refractivity contribution in [1.29, 1.82) is 0 Å². The second kappa shape index (κ2) is 23.4. The molecule has 280 valence electrons. The number of quaternary nitrogens is 1. The largest absolute Gasteiger partial charge is 0.355 e. The number of nitrogens with one attached hydrogen (secondary N) is 6. The van der Waals surface area contributed by atoms with Crippen molar-refractivity contribution in [3.8, 4) is 0 Å². The summed E-state index contributed by atoms with van der Waals surface area (Å²) in [5.41, 5.74) is 3.17. The average Bonchev–Trinajstić information content (AvgIpc) is 3.08. The van der Waals surface area contributed by atoms with E-state index in [0.29, 0.717) is 32.2 Å². The predicted molar refractivity (Wildman–Crippen MR) is 195 cm³/mol. The van der Waals surface area contributed by atoms with Crippen LogP contribution in [0.1, 0.15) is 85.8 Å². The maximum absolute atomic E-state index is 13.8. The topological polar surface area (TPSA) is 194 Å². The van der Waals surface area contributed by atoms with Gasteiger partial charge in [-0.15, -0.1) is 0 Å². The van der Waals surface area contributed by atoms with Crippen molar-refractivity contribution in [3.05, 3.63) is 59.3 Å². The van der Waals surface area contributed by atoms with Gasteiger partial charge in [-0.25, -0.2) is 5.21 Å². The highest BCUT2D eigenvalue weighted by Crippen LogP contribution is 2.13. The van der Waals surface area contributed by atoms with Crippen molar-refractivity contribution in [3.63, 3.8) is 0 Å². The minimum atomic E-state index is -0.904. The number of carbonyl (C=O) groups excluding carboxylic acids is 5. The van der Waals surface area contributed by atoms with Crippen molar-refractivity contribution in [2.75, 3.05) is 13.1 Å². The smallest absolute Gasteiger partial charge is 0.251 e. The third kappa shape index (κ3) is 14.8. The van der Waals surface area contributed by atoms with E-state index in [1.54, 1.807) is 19.9 Å². The summed E-state index contributed by atoms with van der Waals surface area (Å²) in [7, 11) is 0. The highest BCUT2D eigenvalue weighted by Gasteiger charge is 2.31. The number of allylic oxidation sites excluding steroid dienone is 1. The Morgan fingerprint density at radius 2 is 1.54 bits per heavy atom. The van der Waals surface area contributed by atoms with Gasteiger partial charge in [0.1, 0.15) is 24.3 Å². The van der Waals surface area contributed by atoms with Gasteiger partial charge in [0.2, 0.25) is 23.6 Å². The number of likely N-dealkylation sites (N-methyl/N-ethyl adjacent to an activating group) is 1. The molecule has 0 bridgehead atoms. The van der Waals surface area contributed by atoms with E-state index >= 15 is 0 Å². The molecule has 0 spiro atoms. The molecule has 0 aromatic heterocycles. The molecule has 1 aromatic carbocycles. The first kappa shape index (κ1) is 44.0. The summed E-state index contributed by atoms with van der Waals surface area (Å²) in [6.45, 7) is 17.3. The van der Waals surface area contributed by atoms with Crippen LogP contribution < -0.4 is 37.4 Å². The van der Waals surface area contributed by atoms with Crippen LogP contribution in [-0.4, -0.2) is 78.0 Å². The fourth-order valence-electron chi connectivity index (χ4n) is 5.28. The molecule has 50 heavy (non-hydrogen) atoms. The van der Waals surface area contributed by atoms with Gasteiger partial charge in [0.05, 0.1) is 6.04 Å². The van der Waals surface area contributed by atoms with E-state index in [0.717, 1.165) is 16.6 Å². The highest BCUT2D eigenvalue weighted by molar-refractivity contribution is 5.99. The molecule has 5 amide bonds. The van der Waals surface area contributed by atoms with E-state index < -0.39 is 42.0 Å². The van der Waals surface area contributed by atoms with Gasteiger partial charge in [-0.05, 0) is 63.5 Å². The molecule has 2 unspecified atom stereocenters. The SMILES string of the molecule is C/C=C(\C=C/[NH2+]O)C(=O)N[C@H](C(=O)NC(CCC)C(=O)N[C@H](CNC(C)C(=O)N[C@H](C(=O)NCC)C(C)C)Cc1ccccc1C)[C@@H](C)CC. The Labute approximate surface area is 298 Å². The summed E-state index contributed by atoms with van der Waals surface area (Å²) < 4.78 is 0. The van der Waals surface area contributed by atoms with Crippen LogP contribution in [0.4, 0.5) is 0 Å². The van der Waals surface area contributed by atoms with Gasteiger partial charge in [0.25, 0.3) is 5.91 Å². The average molecular weight is 701 g/mol. The molecule has 13 heteroatoms. The maximum atomic E-state index is 13.8. The fraction of sp³-hybridized carbons (Fsp3) is 0.595. The number of hydrogen-bond donors (Lipinski definition) is 8. The lowest BCUT2D eigenvalue weighted by atomic mass is 9.97. The molecule has 0 saturated carbocycles. The Kier molecular flexibility index (Phi) is 20.5. The van der Waals surface area contributed by atoms with Gasteiger partial charge in [0.15, 0.2) is 0 Å². The van der Waals surface area contributed by atoms with Gasteiger partial charge >= 0.3 is 0 Å². The second-order valence-electron chi connectivity index (χ2n) is 13.0. The highest BCUT2D eigenvalue weighted by atomic mass is 16.5. The Morgan fingerprint density at radius 3 is 2.10 bits per heavy atom. The summed E-state index contributed by atoms with van der Waals surface area (Å²) in [4.78, 5) is 66.1. The number of amides is 5. The number of nitrogens with two attached hydrogens (primary N) is 1. The summed E-state index contributed by atoms with van der Waals surface area (Å²) in [5, 5.41) is 26.6. The van der Waals surface area contributed by atoms with Crippen LogP contribution in [0, 0.1) is 18.8 Å². The molecule has 0 radical (unpaired) electrons. The lowest BCUT2D eigenvalue weighted by Gasteiger charge is -2.28. The number of rotatable bonds is 22. The molecular weight excluding hydrogens is 638 g/mol. The molecule has 0 heterocycles. The van der Waals surface area contributed by atoms with Gasteiger partial charge in [0, 0.05) is 30.8 Å². The molecule has 0 aliphatic carbocycles. The fourth-order valence-corrected chi connectivity index (χ4v) is 5.28. The van der Waals surface area contributed by atoms with E-state index in [2.05, 4.69) is 31.9 Å². The van der Waals surface area contributed by atoms with Crippen LogP contribution in [0.15, 0.2) is 48.2 Å². The summed E-state index contributed by atoms with van der Waals surface area (Å²) in [6, 6.07) is 4.28. The molecule has 0 aliphatic rings. The van der Waals surface area contributed by atoms with Gasteiger partial charge in [-0.2, -0.15) is 5.48 Å². The van der Waals surface area contributed by atoms with Crippen LogP contribution in [0.2, 0.25) is 0 Å². The van der Waals surface area contributed by atoms with E-state index in [1.807, 2.05) is 72.7 Å². The van der Waals surface area contributed by atoms with Crippen molar-refractivity contribution in [1.82, 2.24) is 31.9 Å². The lowest BCUT2D eigenvalue weighted by molar-refractivity contribution is -0.838. The Morgan fingerprint density at radius 1 is 0.860 bits per heavy atom. The van der Waals surface area contributed by atoms with Gasteiger partial charge in [-0.1, -0.05) is 77.8 Å². The first-order valence-electron chi connectivity index (χ1n) is 17.8. The molecule has 0 saturated heterocycles. The Bertz CT molecular complexity index is 1310. The first-order chi connectivity index (χ1) is 23.7. The second-order valence-corrected chi connectivity index (χ2v) is 13.0. The van der Waals surface area contributed by atoms with Crippen molar-refractivity contribution in [2.45, 2.75) is 118 Å². The summed E-state index contributed by atoms with van der Waals surface area (Å²) in [6.07, 6.45) is 6.39. The van der Waals surface area contributed by atoms with Crippen molar-refractivity contribution in [2.24, 2.45) is 11.8 Å². The number of hydroxylamine groups is 1. The summed E-state index contributed by atoms with van der Waals surface area (Å²) >= 11 is 0. The molecule has 0 aliphatic heterocycles. The van der Waals surface area contributed by atoms with Crippen LogP contribution in [0.25, 0.3) is 0 Å². The van der Waals surface area contributed by atoms with E-state index in [-0.39, 0.29) is 41.7 Å². The minimum Gasteiger partial charge on any atom is -0.355 e. The zero-order valence-corrected chi connectivity index (χ0v) is 31.4. The van der Waals surface area contributed by atoms with E-state index in [9.17, 15) is 24.0 Å². The maximum Gasteiger partial charge on any atom is 0.251 e. The van der Waals surface area contributed by atoms with Crippen molar-refractivity contribution >= 4 is 29.5 Å². The third-order valence-corrected chi connectivity index (χ3v) is 8.66. The molecule has 6 atom stereocenters. The predicted octanol–water partition coefficient (Wildman–Crippen LogP) is 1.51. The van der Waals surface area contributed by atoms with Crippen LogP contribution in [-0.2, 0) is 30.4 Å². The number of hydrogen-bond acceptors (Lipinski definition) is 7. The summed E-state index contributed by atoms with van der Waals surface area (Å²) in [5.74, 6) is -2.25. The Hall–Kier alpha value is -4.07. The van der Waals surface area contributed by atoms with Gasteiger partial charge < -0.3 is 31.9 Å². The quantitative estimate of drug-likeness (QED) is 0.0510. The molecular formula is C37H62N7O6+. The minimum absolute atomic E-state index is 0.114. The number of aryl methyl sites for hydroxylation is 1. The van der Waals surface area contributed by atoms with Gasteiger partial charge in [-0.3, -0.25) is 24.0 Å². The van der Waals surface area contributed by atoms with E-state index in [1.165, 1.54) is 12.3 Å². The number of carbonyl (C=O) groups is 5. The molecule has 0 fully saturated rings. The zero-order chi connectivity index (χ0) is 37.8. The van der Waals surface area contributed by atoms with Crippen LogP contribution in [0.3, 0.4) is 0 Å². The standard InChI is InChI=1S/C37H61N7O6/c1-10-16-30(42-37(49)32(24(7)11-2)44-34(46)27(12-3)19-20-40-50)35(47)41-29(21-28-18-15-14-17-25(28)8)22-39-26(9)33(45)43-31(23(5)6)36(48)38-13-4/h12,14-15,17-20,23-24,26,29-32,39-40,50H,10-11,13,16,21-22H2,1-9H3,(H,38,48)(H,41,47)(H,42,49)(H,43,45)(H,44,46)/p+1/b20-19-,27-12+/t24-,26?,29-,30?,31-,32-/m0/s1. The number of benzene rings is 1. The molecule has 1 rings (SSSR count). The molecule has 9 N–H and O–H groups in total. The van der Waals surface area contributed by atoms with Crippen LogP contribution in [0.5, 0.6) is 0 Å². The first-order valence-corrected chi connectivity index (χ1v) is 17.8. The van der Waals surface area contributed by atoms with E-state index in [4.69, 9.17) is 5.21 Å². The normalized spacial score (nSPS) is 15.4. The molecule has 13 nitrogen and oxygen atoms in total. The zero-order valence-electron chi connectivity index (χ0n) is 31.4. The van der Waals surface area contributed by atoms with Crippen molar-refractivity contribution < 1.29 is 34.7 Å².